The van der Waals surface area contributed by atoms with E-state index in [4.69, 9.17) is 14.2 Å². The van der Waals surface area contributed by atoms with E-state index >= 15 is 0 Å². The van der Waals surface area contributed by atoms with Crippen LogP contribution in [0.1, 0.15) is 64.5 Å². The molecule has 4 bridgehead atoms. The van der Waals surface area contributed by atoms with E-state index < -0.39 is 11.2 Å². The van der Waals surface area contributed by atoms with Crippen molar-refractivity contribution in [1.82, 2.24) is 4.90 Å². The molecule has 8 rings (SSSR count). The highest BCUT2D eigenvalue weighted by Gasteiger charge is 2.92. The fourth-order valence-corrected chi connectivity index (χ4v) is 9.97. The molecule has 7 aliphatic rings. The van der Waals surface area contributed by atoms with Gasteiger partial charge >= 0.3 is 0 Å². The van der Waals surface area contributed by atoms with Gasteiger partial charge in [-0.25, -0.2) is 0 Å². The number of methoxy groups -OCH3 is 2. The van der Waals surface area contributed by atoms with Crippen molar-refractivity contribution in [2.45, 2.75) is 94.1 Å². The highest BCUT2D eigenvalue weighted by Crippen LogP contribution is 2.85. The van der Waals surface area contributed by atoms with E-state index in [0.29, 0.717) is 6.04 Å². The molecule has 174 valence electrons. The summed E-state index contributed by atoms with van der Waals surface area (Å²) in [7, 11) is 5.93. The van der Waals surface area contributed by atoms with Crippen molar-refractivity contribution < 1.29 is 19.3 Å². The first-order chi connectivity index (χ1) is 15.0. The molecule has 4 saturated carbocycles. The summed E-state index contributed by atoms with van der Waals surface area (Å²) < 4.78 is 19.4. The molecule has 5 heteroatoms. The molecule has 32 heavy (non-hydrogen) atoms. The zero-order valence-corrected chi connectivity index (χ0v) is 20.5. The molecule has 9 atom stereocenters. The van der Waals surface area contributed by atoms with Crippen LogP contribution in [-0.2, 0) is 16.6 Å². The predicted molar refractivity (Wildman–Crippen MR) is 121 cm³/mol. The molecular weight excluding hydrogens is 402 g/mol. The Kier molecular flexibility index (Phi) is 3.26. The van der Waals surface area contributed by atoms with Crippen molar-refractivity contribution in [3.05, 3.63) is 23.3 Å². The average Bonchev–Trinajstić information content (AvgIpc) is 3.05. The summed E-state index contributed by atoms with van der Waals surface area (Å²) in [4.78, 5) is 2.66. The van der Waals surface area contributed by atoms with E-state index in [9.17, 15) is 5.11 Å². The fraction of sp³-hybridized carbons (Fsp3) is 0.778. The molecule has 1 saturated heterocycles. The highest BCUT2D eigenvalue weighted by atomic mass is 16.6. The molecular formula is C27H37NO4. The first-order valence-electron chi connectivity index (χ1n) is 12.3. The third kappa shape index (κ3) is 1.65. The number of hydrogen-bond acceptors (Lipinski definition) is 5. The minimum absolute atomic E-state index is 0.0125. The number of likely N-dealkylation sites (tertiary alicyclic amines) is 1. The van der Waals surface area contributed by atoms with E-state index in [-0.39, 0.29) is 33.8 Å². The van der Waals surface area contributed by atoms with E-state index in [2.05, 4.69) is 44.9 Å². The quantitative estimate of drug-likeness (QED) is 0.728. The zero-order chi connectivity index (χ0) is 22.7. The number of hydrogen-bond donors (Lipinski definition) is 1. The van der Waals surface area contributed by atoms with Crippen LogP contribution in [-0.4, -0.2) is 60.2 Å². The molecule has 0 radical (unpaired) electrons. The lowest BCUT2D eigenvalue weighted by molar-refractivity contribution is -0.290. The SMILES string of the molecule is COc1ccc2c3c1OC1C4(OC)CCC5(CC4C(C)(O)C(C)(C)C)C4N(C)[C@]4(C2)C[C@]315. The number of fused-ring (bicyclic) bond motifs is 2. The van der Waals surface area contributed by atoms with Gasteiger partial charge in [-0.15, -0.1) is 0 Å². The van der Waals surface area contributed by atoms with Crippen molar-refractivity contribution in [2.75, 3.05) is 21.3 Å². The summed E-state index contributed by atoms with van der Waals surface area (Å²) in [6.45, 7) is 8.53. The second-order valence-electron chi connectivity index (χ2n) is 13.0. The maximum atomic E-state index is 12.1. The predicted octanol–water partition coefficient (Wildman–Crippen LogP) is 3.69. The zero-order valence-electron chi connectivity index (χ0n) is 20.5. The van der Waals surface area contributed by atoms with Crippen molar-refractivity contribution in [2.24, 2.45) is 16.7 Å². The van der Waals surface area contributed by atoms with Crippen LogP contribution in [0.2, 0.25) is 0 Å². The Labute approximate surface area is 191 Å². The third-order valence-electron chi connectivity index (χ3n) is 11.7. The lowest BCUT2D eigenvalue weighted by atomic mass is 9.38. The maximum absolute atomic E-state index is 12.1. The number of likely N-dealkylation sites (N-methyl/N-ethyl adjacent to an activating group) is 1. The van der Waals surface area contributed by atoms with Crippen LogP contribution in [0, 0.1) is 16.7 Å². The number of benzene rings is 1. The van der Waals surface area contributed by atoms with Gasteiger partial charge in [0, 0.05) is 41.0 Å². The van der Waals surface area contributed by atoms with Crippen LogP contribution in [0.15, 0.2) is 12.1 Å². The van der Waals surface area contributed by atoms with Crippen LogP contribution in [0.4, 0.5) is 0 Å². The minimum Gasteiger partial charge on any atom is -0.493 e. The molecule has 2 aliphatic heterocycles. The first kappa shape index (κ1) is 20.1. The van der Waals surface area contributed by atoms with Crippen molar-refractivity contribution in [3.8, 4) is 11.5 Å². The second kappa shape index (κ2) is 5.18. The standard InChI is InChI=1S/C27H37NO4/c1-22(2,3)23(4,29)17-13-24-10-11-27(17,31-7)21-26(24)14-25(20(24)28(25)5)12-15-8-9-16(30-6)19(32-21)18(15)26/h8-9,17,20-21,29H,10-14H2,1-7H3/t17?,20?,21?,23?,24?,25-,26+,27?,28?/m1/s1. The smallest absolute Gasteiger partial charge is 0.165 e. The summed E-state index contributed by atoms with van der Waals surface area (Å²) in [5, 5.41) is 12.1. The molecule has 1 aromatic carbocycles. The Morgan fingerprint density at radius 2 is 1.91 bits per heavy atom. The molecule has 1 N–H and O–H groups in total. The molecule has 2 heterocycles. The van der Waals surface area contributed by atoms with E-state index in [1.165, 1.54) is 11.1 Å². The van der Waals surface area contributed by atoms with Crippen molar-refractivity contribution >= 4 is 0 Å². The lowest BCUT2D eigenvalue weighted by Crippen LogP contribution is -2.78. The summed E-state index contributed by atoms with van der Waals surface area (Å²) in [6.07, 6.45) is 5.25. The first-order valence-corrected chi connectivity index (χ1v) is 12.3. The summed E-state index contributed by atoms with van der Waals surface area (Å²) in [6, 6.07) is 4.94. The van der Waals surface area contributed by atoms with Gasteiger partial charge in [0.05, 0.1) is 12.7 Å². The number of aliphatic hydroxyl groups is 1. The van der Waals surface area contributed by atoms with Crippen molar-refractivity contribution in [3.63, 3.8) is 0 Å². The number of rotatable bonds is 3. The number of ether oxygens (including phenoxy) is 3. The molecule has 5 nitrogen and oxygen atoms in total. The highest BCUT2D eigenvalue weighted by molar-refractivity contribution is 5.67. The van der Waals surface area contributed by atoms with Crippen LogP contribution >= 0.6 is 0 Å². The largest absolute Gasteiger partial charge is 0.493 e. The average molecular weight is 440 g/mol. The second-order valence-corrected chi connectivity index (χ2v) is 13.0. The number of piperidine rings is 1. The summed E-state index contributed by atoms with van der Waals surface area (Å²) >= 11 is 0. The van der Waals surface area contributed by atoms with Gasteiger partial charge < -0.3 is 19.3 Å². The molecule has 5 aliphatic carbocycles. The van der Waals surface area contributed by atoms with Crippen LogP contribution in [0.3, 0.4) is 0 Å². The van der Waals surface area contributed by atoms with Gasteiger partial charge in [0.15, 0.2) is 11.5 Å². The molecule has 0 aromatic heterocycles. The molecule has 0 amide bonds. The van der Waals surface area contributed by atoms with E-state index in [1.807, 2.05) is 14.0 Å². The molecule has 7 unspecified atom stereocenters. The van der Waals surface area contributed by atoms with E-state index in [0.717, 1.165) is 43.6 Å². The Morgan fingerprint density at radius 3 is 2.56 bits per heavy atom. The van der Waals surface area contributed by atoms with Gasteiger partial charge in [0.1, 0.15) is 11.7 Å². The topological polar surface area (TPSA) is 50.9 Å². The van der Waals surface area contributed by atoms with E-state index in [1.54, 1.807) is 7.11 Å². The maximum Gasteiger partial charge on any atom is 0.165 e. The third-order valence-corrected chi connectivity index (χ3v) is 11.7. The number of nitrogens with zero attached hydrogens (tertiary/aromatic N) is 1. The van der Waals surface area contributed by atoms with Crippen LogP contribution in [0.5, 0.6) is 11.5 Å². The van der Waals surface area contributed by atoms with Crippen LogP contribution < -0.4 is 9.47 Å². The van der Waals surface area contributed by atoms with Crippen molar-refractivity contribution in [1.29, 1.82) is 0 Å². The normalized spacial score (nSPS) is 50.4. The molecule has 3 spiro atoms. The fourth-order valence-electron chi connectivity index (χ4n) is 9.97. The van der Waals surface area contributed by atoms with Crippen LogP contribution in [0.25, 0.3) is 0 Å². The monoisotopic (exact) mass is 439 g/mol. The van der Waals surface area contributed by atoms with Gasteiger partial charge in [-0.2, -0.15) is 0 Å². The summed E-state index contributed by atoms with van der Waals surface area (Å²) in [5.41, 5.74) is 1.52. The molecule has 1 aromatic rings. The Balaban J connectivity index is 1.53. The van der Waals surface area contributed by atoms with Gasteiger partial charge in [0.25, 0.3) is 0 Å². The minimum atomic E-state index is -0.875. The summed E-state index contributed by atoms with van der Waals surface area (Å²) in [5.74, 6) is 1.81. The van der Waals surface area contributed by atoms with Gasteiger partial charge in [-0.05, 0) is 63.1 Å². The van der Waals surface area contributed by atoms with Gasteiger partial charge in [-0.1, -0.05) is 26.8 Å². The van der Waals surface area contributed by atoms with Gasteiger partial charge in [-0.3, -0.25) is 4.90 Å². The van der Waals surface area contributed by atoms with Gasteiger partial charge in [0.2, 0.25) is 0 Å². The Hall–Kier alpha value is -1.30. The Bertz CT molecular complexity index is 1060. The Morgan fingerprint density at radius 1 is 1.16 bits per heavy atom. The molecule has 5 fully saturated rings. The lowest BCUT2D eigenvalue weighted by Gasteiger charge is -2.69.